The van der Waals surface area contributed by atoms with Gasteiger partial charge in [-0.3, -0.25) is 4.79 Å². The zero-order chi connectivity index (χ0) is 13.8. The van der Waals surface area contributed by atoms with E-state index in [4.69, 9.17) is 22.1 Å². The van der Waals surface area contributed by atoms with Crippen molar-refractivity contribution in [2.75, 3.05) is 18.2 Å². The molecule has 1 amide bonds. The molecule has 0 aliphatic carbocycles. The molecule has 0 fully saturated rings. The minimum atomic E-state index is -0.363. The predicted octanol–water partition coefficient (Wildman–Crippen LogP) is 2.58. The number of benzene rings is 1. The maximum atomic E-state index is 12.1. The summed E-state index contributed by atoms with van der Waals surface area (Å²) < 4.78 is 5.03. The molecule has 0 saturated heterocycles. The Kier molecular flexibility index (Phi) is 3.87. The minimum absolute atomic E-state index is 0.250. The van der Waals surface area contributed by atoms with Crippen LogP contribution >= 0.6 is 11.6 Å². The standard InChI is InChI=1S/C13H12ClN3O2/c1-19-13-9(3-2-6-16-13)12(18)17-11-7-8(15)4-5-10(11)14/h2-7H,15H2,1H3,(H,17,18). The van der Waals surface area contributed by atoms with Crippen molar-refractivity contribution >= 4 is 28.9 Å². The van der Waals surface area contributed by atoms with Crippen LogP contribution in [0, 0.1) is 0 Å². The van der Waals surface area contributed by atoms with Gasteiger partial charge >= 0.3 is 0 Å². The Morgan fingerprint density at radius 1 is 1.42 bits per heavy atom. The van der Waals surface area contributed by atoms with Crippen LogP contribution in [0.15, 0.2) is 36.5 Å². The number of carbonyl (C=O) groups excluding carboxylic acids is 1. The van der Waals surface area contributed by atoms with Gasteiger partial charge in [-0.05, 0) is 30.3 Å². The van der Waals surface area contributed by atoms with Crippen LogP contribution in [0.3, 0.4) is 0 Å². The molecule has 6 heteroatoms. The Bertz CT molecular complexity index is 617. The molecule has 1 aromatic heterocycles. The van der Waals surface area contributed by atoms with Gasteiger partial charge in [-0.25, -0.2) is 4.98 Å². The van der Waals surface area contributed by atoms with Gasteiger partial charge in [0.15, 0.2) is 0 Å². The smallest absolute Gasteiger partial charge is 0.261 e. The second-order valence-electron chi connectivity index (χ2n) is 3.75. The normalized spacial score (nSPS) is 10.0. The van der Waals surface area contributed by atoms with E-state index < -0.39 is 0 Å². The number of nitrogen functional groups attached to an aromatic ring is 1. The lowest BCUT2D eigenvalue weighted by Crippen LogP contribution is -2.14. The maximum absolute atomic E-state index is 12.1. The third kappa shape index (κ3) is 2.95. The second-order valence-corrected chi connectivity index (χ2v) is 4.16. The van der Waals surface area contributed by atoms with Gasteiger partial charge in [0, 0.05) is 11.9 Å². The Morgan fingerprint density at radius 3 is 2.95 bits per heavy atom. The highest BCUT2D eigenvalue weighted by Gasteiger charge is 2.14. The molecule has 0 aliphatic rings. The highest BCUT2D eigenvalue weighted by molar-refractivity contribution is 6.34. The fraction of sp³-hybridized carbons (Fsp3) is 0.0769. The molecule has 19 heavy (non-hydrogen) atoms. The highest BCUT2D eigenvalue weighted by Crippen LogP contribution is 2.25. The van der Waals surface area contributed by atoms with Gasteiger partial charge in [0.2, 0.25) is 5.88 Å². The molecule has 1 aromatic carbocycles. The number of aromatic nitrogens is 1. The topological polar surface area (TPSA) is 77.2 Å². The quantitative estimate of drug-likeness (QED) is 0.846. The van der Waals surface area contributed by atoms with Gasteiger partial charge < -0.3 is 15.8 Å². The summed E-state index contributed by atoms with van der Waals surface area (Å²) in [5.74, 6) is -0.113. The summed E-state index contributed by atoms with van der Waals surface area (Å²) in [6.07, 6.45) is 1.54. The van der Waals surface area contributed by atoms with E-state index >= 15 is 0 Å². The van der Waals surface area contributed by atoms with Crippen LogP contribution in [-0.2, 0) is 0 Å². The van der Waals surface area contributed by atoms with E-state index in [1.807, 2.05) is 0 Å². The van der Waals surface area contributed by atoms with Gasteiger partial charge in [-0.2, -0.15) is 0 Å². The van der Waals surface area contributed by atoms with E-state index in [1.165, 1.54) is 7.11 Å². The van der Waals surface area contributed by atoms with Crippen molar-refractivity contribution in [1.82, 2.24) is 4.98 Å². The van der Waals surface area contributed by atoms with E-state index in [0.29, 0.717) is 22.0 Å². The van der Waals surface area contributed by atoms with Gasteiger partial charge in [-0.15, -0.1) is 0 Å². The fourth-order valence-corrected chi connectivity index (χ4v) is 1.72. The Morgan fingerprint density at radius 2 is 2.21 bits per heavy atom. The molecular weight excluding hydrogens is 266 g/mol. The monoisotopic (exact) mass is 277 g/mol. The molecule has 2 aromatic rings. The summed E-state index contributed by atoms with van der Waals surface area (Å²) in [5.41, 5.74) is 6.93. The number of ether oxygens (including phenoxy) is 1. The van der Waals surface area contributed by atoms with E-state index in [9.17, 15) is 4.79 Å². The van der Waals surface area contributed by atoms with Crippen molar-refractivity contribution in [3.8, 4) is 5.88 Å². The average Bonchev–Trinajstić information content (AvgIpc) is 2.42. The summed E-state index contributed by atoms with van der Waals surface area (Å²) in [4.78, 5) is 16.1. The summed E-state index contributed by atoms with van der Waals surface area (Å²) in [6, 6.07) is 8.12. The lowest BCUT2D eigenvalue weighted by molar-refractivity contribution is 0.102. The van der Waals surface area contributed by atoms with E-state index in [1.54, 1.807) is 36.5 Å². The number of hydrogen-bond acceptors (Lipinski definition) is 4. The molecule has 2 rings (SSSR count). The molecule has 0 bridgehead atoms. The third-order valence-corrected chi connectivity index (χ3v) is 2.78. The Labute approximate surface area is 115 Å². The predicted molar refractivity (Wildman–Crippen MR) is 74.6 cm³/mol. The first-order valence-corrected chi connectivity index (χ1v) is 5.85. The van der Waals surface area contributed by atoms with Crippen molar-refractivity contribution in [3.05, 3.63) is 47.1 Å². The first kappa shape index (κ1) is 13.2. The van der Waals surface area contributed by atoms with Crippen LogP contribution in [0.2, 0.25) is 5.02 Å². The molecule has 3 N–H and O–H groups in total. The molecule has 0 unspecified atom stereocenters. The van der Waals surface area contributed by atoms with Crippen molar-refractivity contribution in [2.45, 2.75) is 0 Å². The lowest BCUT2D eigenvalue weighted by Gasteiger charge is -2.09. The molecule has 0 saturated carbocycles. The molecule has 98 valence electrons. The summed E-state index contributed by atoms with van der Waals surface area (Å²) >= 11 is 5.98. The number of nitrogens with one attached hydrogen (secondary N) is 1. The first-order valence-electron chi connectivity index (χ1n) is 5.47. The van der Waals surface area contributed by atoms with Crippen LogP contribution in [0.1, 0.15) is 10.4 Å². The summed E-state index contributed by atoms with van der Waals surface area (Å²) in [5, 5.41) is 3.08. The van der Waals surface area contributed by atoms with Gasteiger partial charge in [0.1, 0.15) is 5.56 Å². The molecule has 0 spiro atoms. The van der Waals surface area contributed by atoms with Gasteiger partial charge in [0.25, 0.3) is 5.91 Å². The second kappa shape index (κ2) is 5.58. The number of anilines is 2. The summed E-state index contributed by atoms with van der Waals surface area (Å²) in [6.45, 7) is 0. The van der Waals surface area contributed by atoms with Crippen molar-refractivity contribution < 1.29 is 9.53 Å². The van der Waals surface area contributed by atoms with Crippen molar-refractivity contribution in [2.24, 2.45) is 0 Å². The number of amides is 1. The number of halogens is 1. The molecule has 0 atom stereocenters. The first-order chi connectivity index (χ1) is 9.11. The fourth-order valence-electron chi connectivity index (χ4n) is 1.55. The van der Waals surface area contributed by atoms with Gasteiger partial charge in [-0.1, -0.05) is 11.6 Å². The Hall–Kier alpha value is -2.27. The lowest BCUT2D eigenvalue weighted by atomic mass is 10.2. The molecular formula is C13H12ClN3O2. The highest BCUT2D eigenvalue weighted by atomic mass is 35.5. The molecule has 5 nitrogen and oxygen atoms in total. The zero-order valence-corrected chi connectivity index (χ0v) is 10.9. The number of nitrogens with two attached hydrogens (primary N) is 1. The average molecular weight is 278 g/mol. The largest absolute Gasteiger partial charge is 0.480 e. The molecule has 0 radical (unpaired) electrons. The van der Waals surface area contributed by atoms with E-state index in [2.05, 4.69) is 10.3 Å². The van der Waals surface area contributed by atoms with Crippen LogP contribution in [0.5, 0.6) is 5.88 Å². The number of methoxy groups -OCH3 is 1. The summed E-state index contributed by atoms with van der Waals surface area (Å²) in [7, 11) is 1.45. The van der Waals surface area contributed by atoms with Crippen molar-refractivity contribution in [3.63, 3.8) is 0 Å². The van der Waals surface area contributed by atoms with Crippen LogP contribution in [0.4, 0.5) is 11.4 Å². The number of carbonyl (C=O) groups is 1. The number of pyridine rings is 1. The third-order valence-electron chi connectivity index (χ3n) is 2.45. The molecule has 1 heterocycles. The maximum Gasteiger partial charge on any atom is 0.261 e. The van der Waals surface area contributed by atoms with E-state index in [-0.39, 0.29) is 11.8 Å². The molecule has 0 aliphatic heterocycles. The van der Waals surface area contributed by atoms with Crippen LogP contribution < -0.4 is 15.8 Å². The van der Waals surface area contributed by atoms with Crippen molar-refractivity contribution in [1.29, 1.82) is 0 Å². The zero-order valence-electron chi connectivity index (χ0n) is 10.2. The number of hydrogen-bond donors (Lipinski definition) is 2. The SMILES string of the molecule is COc1ncccc1C(=O)Nc1cc(N)ccc1Cl. The van der Waals surface area contributed by atoms with Gasteiger partial charge in [0.05, 0.1) is 17.8 Å². The van der Waals surface area contributed by atoms with Crippen LogP contribution in [0.25, 0.3) is 0 Å². The van der Waals surface area contributed by atoms with E-state index in [0.717, 1.165) is 0 Å². The van der Waals surface area contributed by atoms with Crippen LogP contribution in [-0.4, -0.2) is 18.0 Å². The Balaban J connectivity index is 2.28. The number of rotatable bonds is 3. The number of nitrogens with zero attached hydrogens (tertiary/aromatic N) is 1. The minimum Gasteiger partial charge on any atom is -0.480 e.